The van der Waals surface area contributed by atoms with Crippen LogP contribution in [0.3, 0.4) is 0 Å². The molecule has 2 aromatic rings. The number of nitrogens with one attached hydrogen (secondary N) is 1. The Labute approximate surface area is 144 Å². The van der Waals surface area contributed by atoms with E-state index in [1.54, 1.807) is 6.08 Å². The maximum atomic E-state index is 12.0. The van der Waals surface area contributed by atoms with E-state index >= 15 is 0 Å². The van der Waals surface area contributed by atoms with Gasteiger partial charge in [0.05, 0.1) is 0 Å². The van der Waals surface area contributed by atoms with Gasteiger partial charge in [-0.25, -0.2) is 0 Å². The molecule has 0 radical (unpaired) electrons. The maximum absolute atomic E-state index is 12.0. The molecule has 0 bridgehead atoms. The molecule has 124 valence electrons. The minimum absolute atomic E-state index is 0.105. The van der Waals surface area contributed by atoms with Crippen LogP contribution in [0.25, 0.3) is 6.08 Å². The van der Waals surface area contributed by atoms with Crippen LogP contribution in [0, 0.1) is 0 Å². The molecule has 0 atom stereocenters. The van der Waals surface area contributed by atoms with Gasteiger partial charge in [0.15, 0.2) is 0 Å². The van der Waals surface area contributed by atoms with E-state index in [1.807, 2.05) is 36.4 Å². The third-order valence-corrected chi connectivity index (χ3v) is 4.33. The van der Waals surface area contributed by atoms with Crippen molar-refractivity contribution in [2.75, 3.05) is 18.4 Å². The van der Waals surface area contributed by atoms with Gasteiger partial charge in [-0.1, -0.05) is 43.3 Å². The smallest absolute Gasteiger partial charge is 0.248 e. The summed E-state index contributed by atoms with van der Waals surface area (Å²) in [5.74, 6) is -0.105. The Hall–Kier alpha value is -2.39. The van der Waals surface area contributed by atoms with Crippen LogP contribution in [0.1, 0.15) is 30.0 Å². The van der Waals surface area contributed by atoms with Crippen molar-refractivity contribution in [2.45, 2.75) is 26.3 Å². The van der Waals surface area contributed by atoms with E-state index in [-0.39, 0.29) is 5.91 Å². The van der Waals surface area contributed by atoms with Gasteiger partial charge in [-0.15, -0.1) is 0 Å². The summed E-state index contributed by atoms with van der Waals surface area (Å²) in [6.45, 7) is 5.54. The molecule has 0 spiro atoms. The molecular weight excluding hydrogens is 296 g/mol. The van der Waals surface area contributed by atoms with Crippen LogP contribution in [0.4, 0.5) is 5.69 Å². The molecule has 0 aliphatic carbocycles. The zero-order valence-electron chi connectivity index (χ0n) is 14.2. The first kappa shape index (κ1) is 16.5. The van der Waals surface area contributed by atoms with Gasteiger partial charge in [0.25, 0.3) is 0 Å². The van der Waals surface area contributed by atoms with E-state index < -0.39 is 0 Å². The summed E-state index contributed by atoms with van der Waals surface area (Å²) in [6, 6.07) is 16.0. The SMILES string of the molecule is CCCN1CCc2ccc(/C=C/C(=O)Nc3ccccc3)cc2C1. The number of hydrogen-bond donors (Lipinski definition) is 1. The van der Waals surface area contributed by atoms with Gasteiger partial charge >= 0.3 is 0 Å². The lowest BCUT2D eigenvalue weighted by molar-refractivity contribution is -0.111. The van der Waals surface area contributed by atoms with Crippen LogP contribution in [0.15, 0.2) is 54.6 Å². The summed E-state index contributed by atoms with van der Waals surface area (Å²) in [7, 11) is 0. The molecule has 1 aliphatic heterocycles. The Bertz CT molecular complexity index is 722. The van der Waals surface area contributed by atoms with Crippen molar-refractivity contribution in [3.05, 3.63) is 71.3 Å². The Morgan fingerprint density at radius 3 is 2.79 bits per heavy atom. The highest BCUT2D eigenvalue weighted by Gasteiger charge is 2.15. The van der Waals surface area contributed by atoms with E-state index in [1.165, 1.54) is 17.5 Å². The van der Waals surface area contributed by atoms with E-state index in [4.69, 9.17) is 0 Å². The first-order chi connectivity index (χ1) is 11.7. The molecule has 3 heteroatoms. The third-order valence-electron chi connectivity index (χ3n) is 4.33. The first-order valence-corrected chi connectivity index (χ1v) is 8.63. The Kier molecular flexibility index (Phi) is 5.44. The molecule has 0 saturated heterocycles. The largest absolute Gasteiger partial charge is 0.323 e. The van der Waals surface area contributed by atoms with Crippen molar-refractivity contribution < 1.29 is 4.79 Å². The minimum Gasteiger partial charge on any atom is -0.323 e. The topological polar surface area (TPSA) is 32.3 Å². The van der Waals surface area contributed by atoms with E-state index in [0.717, 1.165) is 37.3 Å². The number of rotatable bonds is 5. The van der Waals surface area contributed by atoms with E-state index in [2.05, 4.69) is 35.3 Å². The van der Waals surface area contributed by atoms with E-state index in [0.29, 0.717) is 0 Å². The average molecular weight is 320 g/mol. The summed E-state index contributed by atoms with van der Waals surface area (Å²) in [6.07, 6.45) is 5.79. The number of nitrogens with zero attached hydrogens (tertiary/aromatic N) is 1. The summed E-state index contributed by atoms with van der Waals surface area (Å²) in [4.78, 5) is 14.5. The molecular formula is C21H24N2O. The quantitative estimate of drug-likeness (QED) is 0.841. The van der Waals surface area contributed by atoms with Gasteiger partial charge < -0.3 is 5.32 Å². The lowest BCUT2D eigenvalue weighted by Gasteiger charge is -2.28. The molecule has 0 saturated carbocycles. The summed E-state index contributed by atoms with van der Waals surface area (Å²) < 4.78 is 0. The highest BCUT2D eigenvalue weighted by Crippen LogP contribution is 2.21. The summed E-state index contributed by atoms with van der Waals surface area (Å²) in [5.41, 5.74) is 4.72. The zero-order chi connectivity index (χ0) is 16.8. The van der Waals surface area contributed by atoms with Crippen LogP contribution in [-0.2, 0) is 17.8 Å². The zero-order valence-corrected chi connectivity index (χ0v) is 14.2. The number of carbonyl (C=O) groups excluding carboxylic acids is 1. The molecule has 0 unspecified atom stereocenters. The van der Waals surface area contributed by atoms with Crippen molar-refractivity contribution in [2.24, 2.45) is 0 Å². The molecule has 24 heavy (non-hydrogen) atoms. The van der Waals surface area contributed by atoms with Gasteiger partial charge in [0.2, 0.25) is 5.91 Å². The molecule has 2 aromatic carbocycles. The number of para-hydroxylation sites is 1. The van der Waals surface area contributed by atoms with Gasteiger partial charge in [-0.2, -0.15) is 0 Å². The molecule has 3 nitrogen and oxygen atoms in total. The van der Waals surface area contributed by atoms with Crippen LogP contribution in [0.2, 0.25) is 0 Å². The monoisotopic (exact) mass is 320 g/mol. The number of amides is 1. The van der Waals surface area contributed by atoms with Crippen molar-refractivity contribution in [1.82, 2.24) is 4.90 Å². The molecule has 0 fully saturated rings. The highest BCUT2D eigenvalue weighted by molar-refractivity contribution is 6.01. The number of carbonyl (C=O) groups is 1. The fraction of sp³-hybridized carbons (Fsp3) is 0.286. The number of benzene rings is 2. The molecule has 1 heterocycles. The van der Waals surface area contributed by atoms with Crippen LogP contribution < -0.4 is 5.32 Å². The van der Waals surface area contributed by atoms with Gasteiger partial charge in [0, 0.05) is 24.9 Å². The average Bonchev–Trinajstić information content (AvgIpc) is 2.61. The Morgan fingerprint density at radius 2 is 2.00 bits per heavy atom. The van der Waals surface area contributed by atoms with E-state index in [9.17, 15) is 4.79 Å². The molecule has 1 amide bonds. The van der Waals surface area contributed by atoms with Crippen LogP contribution in [-0.4, -0.2) is 23.9 Å². The third kappa shape index (κ3) is 4.33. The molecule has 1 aliphatic rings. The molecule has 3 rings (SSSR count). The summed E-state index contributed by atoms with van der Waals surface area (Å²) in [5, 5.41) is 2.86. The fourth-order valence-corrected chi connectivity index (χ4v) is 3.12. The lowest BCUT2D eigenvalue weighted by atomic mass is 9.97. The predicted octanol–water partition coefficient (Wildman–Crippen LogP) is 4.11. The normalized spacial score (nSPS) is 14.5. The maximum Gasteiger partial charge on any atom is 0.248 e. The Morgan fingerprint density at radius 1 is 1.17 bits per heavy atom. The van der Waals surface area contributed by atoms with Gasteiger partial charge in [-0.05, 0) is 54.3 Å². The second-order valence-electron chi connectivity index (χ2n) is 6.24. The van der Waals surface area contributed by atoms with Crippen molar-refractivity contribution in [1.29, 1.82) is 0 Å². The van der Waals surface area contributed by atoms with Gasteiger partial charge in [0.1, 0.15) is 0 Å². The van der Waals surface area contributed by atoms with Crippen LogP contribution >= 0.6 is 0 Å². The number of anilines is 1. The second kappa shape index (κ2) is 7.93. The minimum atomic E-state index is -0.105. The van der Waals surface area contributed by atoms with Crippen molar-refractivity contribution >= 4 is 17.7 Å². The van der Waals surface area contributed by atoms with Crippen molar-refractivity contribution in [3.8, 4) is 0 Å². The highest BCUT2D eigenvalue weighted by atomic mass is 16.1. The Balaban J connectivity index is 1.65. The van der Waals surface area contributed by atoms with Gasteiger partial charge in [-0.3, -0.25) is 9.69 Å². The fourth-order valence-electron chi connectivity index (χ4n) is 3.12. The first-order valence-electron chi connectivity index (χ1n) is 8.63. The number of hydrogen-bond acceptors (Lipinski definition) is 2. The molecule has 1 N–H and O–H groups in total. The second-order valence-corrected chi connectivity index (χ2v) is 6.24. The lowest BCUT2D eigenvalue weighted by Crippen LogP contribution is -2.31. The standard InChI is InChI=1S/C21H24N2O/c1-2-13-23-14-12-18-10-8-17(15-19(18)16-23)9-11-21(24)22-20-6-4-3-5-7-20/h3-11,15H,2,12-14,16H2,1H3,(H,22,24)/b11-9+. The predicted molar refractivity (Wildman–Crippen MR) is 99.8 cm³/mol. The number of fused-ring (bicyclic) bond motifs is 1. The molecule has 0 aromatic heterocycles. The van der Waals surface area contributed by atoms with Crippen molar-refractivity contribution in [3.63, 3.8) is 0 Å². The summed E-state index contributed by atoms with van der Waals surface area (Å²) >= 11 is 0. The van der Waals surface area contributed by atoms with Crippen LogP contribution in [0.5, 0.6) is 0 Å².